The molecule has 41 heavy (non-hydrogen) atoms. The van der Waals surface area contributed by atoms with Crippen LogP contribution in [0.5, 0.6) is 0 Å². The zero-order chi connectivity index (χ0) is 27.6. The summed E-state index contributed by atoms with van der Waals surface area (Å²) < 4.78 is 2.44. The molecule has 0 bridgehead atoms. The molecule has 0 saturated heterocycles. The highest BCUT2D eigenvalue weighted by Crippen LogP contribution is 2.49. The maximum atomic E-state index is 2.44. The van der Waals surface area contributed by atoms with Gasteiger partial charge in [-0.15, -0.1) is 0 Å². The SMILES string of the molecule is CC1(C)c2ccccc2-c2ccc(-n3c4ccccc4c4cc(-c5ccc(Cc6ccccc6)cc5)ccc43)cc21. The Kier molecular flexibility index (Phi) is 5.30. The van der Waals surface area contributed by atoms with Gasteiger partial charge in [-0.2, -0.15) is 0 Å². The second-order valence-corrected chi connectivity index (χ2v) is 11.8. The summed E-state index contributed by atoms with van der Waals surface area (Å²) in [7, 11) is 0. The van der Waals surface area contributed by atoms with Crippen molar-refractivity contribution in [2.24, 2.45) is 0 Å². The van der Waals surface area contributed by atoms with Crippen LogP contribution >= 0.6 is 0 Å². The summed E-state index contributed by atoms with van der Waals surface area (Å²) in [6, 6.07) is 51.4. The number of nitrogens with zero attached hydrogens (tertiary/aromatic N) is 1. The molecule has 0 saturated carbocycles. The highest BCUT2D eigenvalue weighted by Gasteiger charge is 2.35. The van der Waals surface area contributed by atoms with Gasteiger partial charge in [0.25, 0.3) is 0 Å². The first-order valence-electron chi connectivity index (χ1n) is 14.5. The van der Waals surface area contributed by atoms with Crippen LogP contribution in [0.25, 0.3) is 49.7 Å². The summed E-state index contributed by atoms with van der Waals surface area (Å²) in [6.07, 6.45) is 0.955. The molecule has 196 valence electrons. The molecule has 1 heteroatoms. The monoisotopic (exact) mass is 525 g/mol. The van der Waals surface area contributed by atoms with Gasteiger partial charge in [0.1, 0.15) is 0 Å². The molecule has 1 nitrogen and oxygen atoms in total. The minimum atomic E-state index is -0.0272. The van der Waals surface area contributed by atoms with Gasteiger partial charge in [-0.05, 0) is 81.3 Å². The Morgan fingerprint density at radius 3 is 2.00 bits per heavy atom. The first kappa shape index (κ1) is 24.0. The first-order chi connectivity index (χ1) is 20.1. The normalized spacial score (nSPS) is 13.4. The first-order valence-corrected chi connectivity index (χ1v) is 14.5. The molecular weight excluding hydrogens is 494 g/mol. The van der Waals surface area contributed by atoms with Gasteiger partial charge in [0.2, 0.25) is 0 Å². The molecule has 0 fully saturated rings. The van der Waals surface area contributed by atoms with E-state index in [1.165, 1.54) is 72.0 Å². The summed E-state index contributed by atoms with van der Waals surface area (Å²) in [4.78, 5) is 0. The quantitative estimate of drug-likeness (QED) is 0.215. The molecule has 7 aromatic rings. The van der Waals surface area contributed by atoms with E-state index in [0.29, 0.717) is 0 Å². The van der Waals surface area contributed by atoms with Crippen molar-refractivity contribution < 1.29 is 0 Å². The van der Waals surface area contributed by atoms with Crippen LogP contribution in [-0.2, 0) is 11.8 Å². The van der Waals surface area contributed by atoms with Crippen molar-refractivity contribution >= 4 is 21.8 Å². The van der Waals surface area contributed by atoms with E-state index >= 15 is 0 Å². The lowest BCUT2D eigenvalue weighted by molar-refractivity contribution is 0.660. The van der Waals surface area contributed by atoms with Gasteiger partial charge >= 0.3 is 0 Å². The third-order valence-electron chi connectivity index (χ3n) is 9.04. The number of fused-ring (bicyclic) bond motifs is 6. The third kappa shape index (κ3) is 3.77. The Morgan fingerprint density at radius 1 is 0.488 bits per heavy atom. The molecule has 0 aliphatic heterocycles. The van der Waals surface area contributed by atoms with Crippen molar-refractivity contribution in [2.75, 3.05) is 0 Å². The Hall–Kier alpha value is -4.88. The van der Waals surface area contributed by atoms with Crippen LogP contribution < -0.4 is 0 Å². The molecular formula is C40H31N. The standard InChI is InChI=1S/C40H31N/c1-40(2)36-14-8-6-12-32(36)33-22-21-31(26-37(33)40)41-38-15-9-7-13-34(38)35-25-30(20-23-39(35)41)29-18-16-28(17-19-29)24-27-10-4-3-5-11-27/h3-23,25-26H,24H2,1-2H3. The van der Waals surface area contributed by atoms with Crippen molar-refractivity contribution in [3.63, 3.8) is 0 Å². The molecule has 1 aliphatic rings. The van der Waals surface area contributed by atoms with Crippen molar-refractivity contribution in [3.05, 3.63) is 162 Å². The van der Waals surface area contributed by atoms with Crippen molar-refractivity contribution in [1.29, 1.82) is 0 Å². The van der Waals surface area contributed by atoms with E-state index in [1.807, 2.05) is 0 Å². The number of hydrogen-bond donors (Lipinski definition) is 0. The zero-order valence-electron chi connectivity index (χ0n) is 23.4. The van der Waals surface area contributed by atoms with Crippen LogP contribution in [0.3, 0.4) is 0 Å². The summed E-state index contributed by atoms with van der Waals surface area (Å²) in [5, 5.41) is 2.57. The lowest BCUT2D eigenvalue weighted by atomic mass is 9.82. The van der Waals surface area contributed by atoms with Crippen LogP contribution in [0.4, 0.5) is 0 Å². The highest BCUT2D eigenvalue weighted by atomic mass is 15.0. The maximum Gasteiger partial charge on any atom is 0.0541 e. The van der Waals surface area contributed by atoms with Crippen LogP contribution in [0.2, 0.25) is 0 Å². The molecule has 0 radical (unpaired) electrons. The Bertz CT molecular complexity index is 2070. The predicted molar refractivity (Wildman–Crippen MR) is 173 cm³/mol. The van der Waals surface area contributed by atoms with Gasteiger partial charge < -0.3 is 4.57 Å². The molecule has 1 heterocycles. The Balaban J connectivity index is 1.23. The fraction of sp³-hybridized carbons (Fsp3) is 0.100. The fourth-order valence-electron chi connectivity index (χ4n) is 6.91. The number of hydrogen-bond acceptors (Lipinski definition) is 0. The minimum Gasteiger partial charge on any atom is -0.309 e. The van der Waals surface area contributed by atoms with E-state index < -0.39 is 0 Å². The minimum absolute atomic E-state index is 0.0272. The molecule has 0 unspecified atom stereocenters. The van der Waals surface area contributed by atoms with Gasteiger partial charge in [-0.1, -0.05) is 123 Å². The largest absolute Gasteiger partial charge is 0.309 e. The Labute approximate surface area is 241 Å². The predicted octanol–water partition coefficient (Wildman–Crippen LogP) is 10.3. The zero-order valence-corrected chi connectivity index (χ0v) is 23.4. The number of benzene rings is 6. The van der Waals surface area contributed by atoms with Gasteiger partial charge in [0, 0.05) is 21.9 Å². The second kappa shape index (κ2) is 9.08. The highest BCUT2D eigenvalue weighted by molar-refractivity contribution is 6.10. The molecule has 0 spiro atoms. The van der Waals surface area contributed by atoms with Crippen LogP contribution in [0.1, 0.15) is 36.1 Å². The number of para-hydroxylation sites is 1. The topological polar surface area (TPSA) is 4.93 Å². The number of rotatable bonds is 4. The second-order valence-electron chi connectivity index (χ2n) is 11.8. The smallest absolute Gasteiger partial charge is 0.0541 e. The van der Waals surface area contributed by atoms with Crippen molar-refractivity contribution in [1.82, 2.24) is 4.57 Å². The van der Waals surface area contributed by atoms with E-state index in [2.05, 4.69) is 158 Å². The summed E-state index contributed by atoms with van der Waals surface area (Å²) in [5.74, 6) is 0. The van der Waals surface area contributed by atoms with Gasteiger partial charge in [0.05, 0.1) is 11.0 Å². The molecule has 1 aliphatic carbocycles. The average molecular weight is 526 g/mol. The van der Waals surface area contributed by atoms with Crippen LogP contribution in [0, 0.1) is 0 Å². The lowest BCUT2D eigenvalue weighted by Gasteiger charge is -2.22. The van der Waals surface area contributed by atoms with E-state index in [1.54, 1.807) is 0 Å². The van der Waals surface area contributed by atoms with E-state index in [-0.39, 0.29) is 5.41 Å². The Morgan fingerprint density at radius 2 is 1.15 bits per heavy atom. The maximum absolute atomic E-state index is 2.44. The summed E-state index contributed by atoms with van der Waals surface area (Å²) >= 11 is 0. The molecule has 6 aromatic carbocycles. The van der Waals surface area contributed by atoms with Gasteiger partial charge in [-0.3, -0.25) is 0 Å². The number of aromatic nitrogens is 1. The van der Waals surface area contributed by atoms with E-state index in [4.69, 9.17) is 0 Å². The van der Waals surface area contributed by atoms with Crippen LogP contribution in [0.15, 0.2) is 140 Å². The third-order valence-corrected chi connectivity index (χ3v) is 9.04. The van der Waals surface area contributed by atoms with Crippen molar-refractivity contribution in [2.45, 2.75) is 25.7 Å². The lowest BCUT2D eigenvalue weighted by Crippen LogP contribution is -2.15. The molecule has 0 atom stereocenters. The van der Waals surface area contributed by atoms with E-state index in [0.717, 1.165) is 6.42 Å². The van der Waals surface area contributed by atoms with E-state index in [9.17, 15) is 0 Å². The average Bonchev–Trinajstić information content (AvgIpc) is 3.46. The van der Waals surface area contributed by atoms with Gasteiger partial charge in [-0.25, -0.2) is 0 Å². The molecule has 0 N–H and O–H groups in total. The molecule has 0 amide bonds. The summed E-state index contributed by atoms with van der Waals surface area (Å²) in [6.45, 7) is 4.70. The van der Waals surface area contributed by atoms with Crippen molar-refractivity contribution in [3.8, 4) is 27.9 Å². The van der Waals surface area contributed by atoms with Crippen LogP contribution in [-0.4, -0.2) is 4.57 Å². The molecule has 8 rings (SSSR count). The fourth-order valence-corrected chi connectivity index (χ4v) is 6.91. The van der Waals surface area contributed by atoms with Gasteiger partial charge in [0.15, 0.2) is 0 Å². The molecule has 1 aromatic heterocycles. The summed E-state index contributed by atoms with van der Waals surface area (Å²) in [5.41, 5.74) is 14.4.